The first kappa shape index (κ1) is 28.3. The molecule has 0 saturated heterocycles. The zero-order chi connectivity index (χ0) is 29.3. The molecule has 9 heteroatoms. The van der Waals surface area contributed by atoms with Crippen molar-refractivity contribution in [1.29, 1.82) is 0 Å². The Bertz CT molecular complexity index is 1700. The third kappa shape index (κ3) is 7.47. The summed E-state index contributed by atoms with van der Waals surface area (Å²) in [6.07, 6.45) is 1.54. The minimum Gasteiger partial charge on any atom is -0.484 e. The van der Waals surface area contributed by atoms with E-state index in [1.54, 1.807) is 42.6 Å². The number of rotatable bonds is 10. The number of nitrogens with one attached hydrogen (secondary N) is 3. The monoisotopic (exact) mass is 575 g/mol. The molecule has 42 heavy (non-hydrogen) atoms. The second-order valence-electron chi connectivity index (χ2n) is 9.46. The molecule has 1 heterocycles. The largest absolute Gasteiger partial charge is 0.484 e. The minimum absolute atomic E-state index is 0.107. The Labute approximate surface area is 248 Å². The standard InChI is InChI=1S/C33H29N5O3S/c1-22-7-6-10-29(23(22)2)36-31(39)20-41-28-17-11-24(12-18-28)19-34-38-32(40)26-15-13-25(14-16-26)30-21-42-33(37-30)35-27-8-4-3-5-9-27/h3-19,21H,20H2,1-2H3,(H,35,37)(H,36,39)(H,38,40)/b34-19+. The van der Waals surface area contributed by atoms with E-state index >= 15 is 0 Å². The van der Waals surface area contributed by atoms with Crippen LogP contribution in [0.4, 0.5) is 16.5 Å². The van der Waals surface area contributed by atoms with Gasteiger partial charge in [0.2, 0.25) is 0 Å². The van der Waals surface area contributed by atoms with Crippen LogP contribution in [0.2, 0.25) is 0 Å². The van der Waals surface area contributed by atoms with Gasteiger partial charge in [0.15, 0.2) is 11.7 Å². The number of thiazole rings is 1. The molecular weight excluding hydrogens is 546 g/mol. The first-order valence-electron chi connectivity index (χ1n) is 13.2. The van der Waals surface area contributed by atoms with Gasteiger partial charge in [0.05, 0.1) is 11.9 Å². The molecule has 5 aromatic rings. The number of aryl methyl sites for hydroxylation is 1. The highest BCUT2D eigenvalue weighted by Crippen LogP contribution is 2.27. The van der Waals surface area contributed by atoms with E-state index < -0.39 is 0 Å². The fourth-order valence-electron chi connectivity index (χ4n) is 4.00. The Kier molecular flexibility index (Phi) is 9.00. The van der Waals surface area contributed by atoms with Crippen molar-refractivity contribution >= 4 is 45.9 Å². The summed E-state index contributed by atoms with van der Waals surface area (Å²) >= 11 is 1.52. The average molecular weight is 576 g/mol. The van der Waals surface area contributed by atoms with E-state index in [-0.39, 0.29) is 18.4 Å². The van der Waals surface area contributed by atoms with Gasteiger partial charge in [-0.25, -0.2) is 10.4 Å². The van der Waals surface area contributed by atoms with Crippen molar-refractivity contribution in [1.82, 2.24) is 10.4 Å². The molecule has 5 rings (SSSR count). The van der Waals surface area contributed by atoms with Crippen LogP contribution in [0, 0.1) is 13.8 Å². The predicted molar refractivity (Wildman–Crippen MR) is 169 cm³/mol. The van der Waals surface area contributed by atoms with Crippen LogP contribution in [0.25, 0.3) is 11.3 Å². The number of hydrazone groups is 1. The molecule has 4 aromatic carbocycles. The lowest BCUT2D eigenvalue weighted by atomic mass is 10.1. The molecule has 0 fully saturated rings. The fourth-order valence-corrected chi connectivity index (χ4v) is 4.74. The molecule has 0 aliphatic heterocycles. The Morgan fingerprint density at radius 2 is 1.67 bits per heavy atom. The SMILES string of the molecule is Cc1cccc(NC(=O)COc2ccc(/C=N/NC(=O)c3ccc(-c4csc(Nc5ccccc5)n4)cc3)cc2)c1C. The van der Waals surface area contributed by atoms with Gasteiger partial charge in [0.25, 0.3) is 11.8 Å². The van der Waals surface area contributed by atoms with Crippen molar-refractivity contribution < 1.29 is 14.3 Å². The summed E-state index contributed by atoms with van der Waals surface area (Å²) in [6, 6.07) is 29.9. The lowest BCUT2D eigenvalue weighted by Crippen LogP contribution is -2.20. The van der Waals surface area contributed by atoms with Crippen molar-refractivity contribution in [3.63, 3.8) is 0 Å². The molecule has 8 nitrogen and oxygen atoms in total. The highest BCUT2D eigenvalue weighted by molar-refractivity contribution is 7.14. The molecule has 210 valence electrons. The number of amides is 2. The summed E-state index contributed by atoms with van der Waals surface area (Å²) in [4.78, 5) is 29.5. The first-order valence-corrected chi connectivity index (χ1v) is 14.1. The van der Waals surface area contributed by atoms with Gasteiger partial charge < -0.3 is 15.4 Å². The minimum atomic E-state index is -0.322. The molecule has 1 aromatic heterocycles. The molecule has 0 aliphatic rings. The van der Waals surface area contributed by atoms with Crippen LogP contribution in [0.15, 0.2) is 108 Å². The Morgan fingerprint density at radius 1 is 0.905 bits per heavy atom. The predicted octanol–water partition coefficient (Wildman–Crippen LogP) is 6.95. The van der Waals surface area contributed by atoms with Crippen LogP contribution in [0.3, 0.4) is 0 Å². The molecule has 0 spiro atoms. The highest BCUT2D eigenvalue weighted by Gasteiger charge is 2.09. The maximum Gasteiger partial charge on any atom is 0.271 e. The van der Waals surface area contributed by atoms with E-state index in [2.05, 4.69) is 26.1 Å². The van der Waals surface area contributed by atoms with Gasteiger partial charge in [-0.05, 0) is 85.1 Å². The second-order valence-corrected chi connectivity index (χ2v) is 10.3. The van der Waals surface area contributed by atoms with Crippen molar-refractivity contribution in [3.8, 4) is 17.0 Å². The van der Waals surface area contributed by atoms with Gasteiger partial charge in [-0.3, -0.25) is 9.59 Å². The van der Waals surface area contributed by atoms with E-state index in [9.17, 15) is 9.59 Å². The molecule has 2 amide bonds. The van der Waals surface area contributed by atoms with Crippen LogP contribution in [0.1, 0.15) is 27.0 Å². The third-order valence-electron chi connectivity index (χ3n) is 6.48. The van der Waals surface area contributed by atoms with Crippen molar-refractivity contribution in [2.45, 2.75) is 13.8 Å². The zero-order valence-corrected chi connectivity index (χ0v) is 23.9. The van der Waals surface area contributed by atoms with E-state index in [1.165, 1.54) is 11.3 Å². The van der Waals surface area contributed by atoms with Crippen molar-refractivity contribution in [3.05, 3.63) is 125 Å². The number of hydrogen-bond acceptors (Lipinski definition) is 7. The number of anilines is 3. The lowest BCUT2D eigenvalue weighted by Gasteiger charge is -2.11. The molecule has 3 N–H and O–H groups in total. The summed E-state index contributed by atoms with van der Waals surface area (Å²) in [5, 5.41) is 13.0. The maximum absolute atomic E-state index is 12.6. The number of aromatic nitrogens is 1. The van der Waals surface area contributed by atoms with Crippen molar-refractivity contribution in [2.24, 2.45) is 5.10 Å². The molecule has 0 aliphatic carbocycles. The molecule has 0 atom stereocenters. The number of carbonyl (C=O) groups is 2. The molecule has 0 bridgehead atoms. The summed E-state index contributed by atoms with van der Waals surface area (Å²) in [5.41, 5.74) is 9.43. The third-order valence-corrected chi connectivity index (χ3v) is 7.24. The Hall–Kier alpha value is -5.28. The average Bonchev–Trinajstić information content (AvgIpc) is 3.48. The van der Waals surface area contributed by atoms with Gasteiger partial charge in [-0.2, -0.15) is 5.10 Å². The topological polar surface area (TPSA) is 105 Å². The lowest BCUT2D eigenvalue weighted by molar-refractivity contribution is -0.118. The van der Waals surface area contributed by atoms with Gasteiger partial charge in [0, 0.05) is 27.9 Å². The quantitative estimate of drug-likeness (QED) is 0.123. The van der Waals surface area contributed by atoms with E-state index in [4.69, 9.17) is 4.74 Å². The summed E-state index contributed by atoms with van der Waals surface area (Å²) in [7, 11) is 0. The van der Waals surface area contributed by atoms with Crippen molar-refractivity contribution in [2.75, 3.05) is 17.2 Å². The number of hydrogen-bond donors (Lipinski definition) is 3. The highest BCUT2D eigenvalue weighted by atomic mass is 32.1. The number of ether oxygens (including phenoxy) is 1. The maximum atomic E-state index is 12.6. The fraction of sp³-hybridized carbons (Fsp3) is 0.0909. The number of benzene rings is 4. The van der Waals surface area contributed by atoms with E-state index in [0.717, 1.165) is 44.5 Å². The van der Waals surface area contributed by atoms with Gasteiger partial charge in [-0.15, -0.1) is 11.3 Å². The zero-order valence-electron chi connectivity index (χ0n) is 23.1. The van der Waals surface area contributed by atoms with Crippen LogP contribution in [-0.4, -0.2) is 29.6 Å². The Morgan fingerprint density at radius 3 is 2.43 bits per heavy atom. The second kappa shape index (κ2) is 13.4. The summed E-state index contributed by atoms with van der Waals surface area (Å²) in [5.74, 6) is -0.00530. The summed E-state index contributed by atoms with van der Waals surface area (Å²) < 4.78 is 5.60. The van der Waals surface area contributed by atoms with E-state index in [1.807, 2.05) is 79.9 Å². The normalized spacial score (nSPS) is 10.8. The van der Waals surface area contributed by atoms with Gasteiger partial charge in [0.1, 0.15) is 5.75 Å². The number of carbonyl (C=O) groups excluding carboxylic acids is 2. The molecule has 0 unspecified atom stereocenters. The number of para-hydroxylation sites is 1. The summed E-state index contributed by atoms with van der Waals surface area (Å²) in [6.45, 7) is 3.86. The van der Waals surface area contributed by atoms with Crippen LogP contribution < -0.4 is 20.8 Å². The Balaban J connectivity index is 1.08. The molecule has 0 saturated carbocycles. The number of nitrogens with zero attached hydrogens (tertiary/aromatic N) is 2. The first-order chi connectivity index (χ1) is 20.4. The van der Waals surface area contributed by atoms with Crippen LogP contribution in [0.5, 0.6) is 5.75 Å². The van der Waals surface area contributed by atoms with Gasteiger partial charge in [-0.1, -0.05) is 42.5 Å². The smallest absolute Gasteiger partial charge is 0.271 e. The van der Waals surface area contributed by atoms with E-state index in [0.29, 0.717) is 11.3 Å². The molecular formula is C33H29N5O3S. The van der Waals surface area contributed by atoms with Gasteiger partial charge >= 0.3 is 0 Å². The molecule has 0 radical (unpaired) electrons. The van der Waals surface area contributed by atoms with Crippen LogP contribution in [-0.2, 0) is 4.79 Å². The van der Waals surface area contributed by atoms with Crippen LogP contribution >= 0.6 is 11.3 Å².